The second-order valence-corrected chi connectivity index (χ2v) is 6.82. The van der Waals surface area contributed by atoms with Crippen molar-refractivity contribution in [1.82, 2.24) is 4.57 Å². The van der Waals surface area contributed by atoms with Gasteiger partial charge in [0.1, 0.15) is 0 Å². The number of anilines is 1. The maximum absolute atomic E-state index is 11.6. The predicted molar refractivity (Wildman–Crippen MR) is 110 cm³/mol. The summed E-state index contributed by atoms with van der Waals surface area (Å²) in [5.74, 6) is -1.77. The van der Waals surface area contributed by atoms with Gasteiger partial charge >= 0.3 is 5.97 Å². The number of carboxylic acids is 1. The smallest absolute Gasteiger partial charge is 0.335 e. The van der Waals surface area contributed by atoms with E-state index >= 15 is 0 Å². The minimum Gasteiger partial charge on any atom is -0.872 e. The number of benzene rings is 2. The van der Waals surface area contributed by atoms with Crippen LogP contribution in [0.3, 0.4) is 0 Å². The lowest BCUT2D eigenvalue weighted by Crippen LogP contribution is -2.08. The second kappa shape index (κ2) is 7.60. The Hall–Kier alpha value is -3.54. The molecule has 0 radical (unpaired) electrons. The van der Waals surface area contributed by atoms with Gasteiger partial charge in [0, 0.05) is 48.6 Å². The summed E-state index contributed by atoms with van der Waals surface area (Å²) >= 11 is 0. The number of aromatic carboxylic acids is 1. The first-order chi connectivity index (χ1) is 13.3. The lowest BCUT2D eigenvalue weighted by molar-refractivity contribution is -0.268. The number of carboxylic acid groups (broad SMARTS) is 1. The van der Waals surface area contributed by atoms with Gasteiger partial charge in [-0.05, 0) is 56.3 Å². The molecule has 0 amide bonds. The van der Waals surface area contributed by atoms with E-state index in [9.17, 15) is 9.90 Å². The molecule has 6 heteroatoms. The fourth-order valence-electron chi connectivity index (χ4n) is 3.12. The molecule has 0 saturated heterocycles. The summed E-state index contributed by atoms with van der Waals surface area (Å²) in [5, 5.41) is 20.7. The van der Waals surface area contributed by atoms with Gasteiger partial charge in [0.15, 0.2) is 0 Å². The first-order valence-corrected chi connectivity index (χ1v) is 8.83. The van der Waals surface area contributed by atoms with Crippen LogP contribution in [0.4, 0.5) is 11.4 Å². The lowest BCUT2D eigenvalue weighted by atomic mass is 10.2. The Kier molecular flexibility index (Phi) is 5.22. The Morgan fingerprint density at radius 1 is 1.11 bits per heavy atom. The van der Waals surface area contributed by atoms with Crippen molar-refractivity contribution in [3.05, 3.63) is 71.0 Å². The molecule has 0 spiro atoms. The van der Waals surface area contributed by atoms with E-state index in [1.807, 2.05) is 34.0 Å². The number of aryl methyl sites for hydroxylation is 1. The third-order valence-corrected chi connectivity index (χ3v) is 4.64. The Bertz CT molecular complexity index is 1050. The number of hydrogen-bond acceptors (Lipinski definition) is 4. The number of carbonyl (C=O) groups is 1. The molecule has 1 aromatic heterocycles. The monoisotopic (exact) mass is 376 g/mol. The van der Waals surface area contributed by atoms with Crippen LogP contribution in [0.1, 0.15) is 27.3 Å². The number of aliphatic imine (C=N–C) groups is 1. The van der Waals surface area contributed by atoms with E-state index in [0.717, 1.165) is 28.3 Å². The number of nitrogens with zero attached hydrogens (tertiary/aromatic N) is 3. The Balaban J connectivity index is 1.93. The zero-order valence-electron chi connectivity index (χ0n) is 16.3. The summed E-state index contributed by atoms with van der Waals surface area (Å²) in [7, 11) is 4.01. The highest BCUT2D eigenvalue weighted by Gasteiger charge is 2.10. The van der Waals surface area contributed by atoms with Gasteiger partial charge in [-0.25, -0.2) is 4.79 Å². The van der Waals surface area contributed by atoms with Crippen molar-refractivity contribution in [3.63, 3.8) is 0 Å². The third-order valence-electron chi connectivity index (χ3n) is 4.64. The normalized spacial score (nSPS) is 11.1. The summed E-state index contributed by atoms with van der Waals surface area (Å²) < 4.78 is 2.14. The average molecular weight is 376 g/mol. The van der Waals surface area contributed by atoms with Crippen LogP contribution >= 0.6 is 0 Å². The molecule has 2 aromatic carbocycles. The minimum atomic E-state index is -1.25. The molecule has 3 rings (SSSR count). The number of rotatable bonds is 5. The standard InChI is InChI=1S/C22H23N3O3/c1-14-11-16(13-23-17-5-10-21(26)20(12-17)22(27)28)15(2)25(14)19-8-6-18(7-9-19)24(3)4/h5-13,26H,1-4H3,(H,27,28)/p-1. The van der Waals surface area contributed by atoms with E-state index in [0.29, 0.717) is 5.69 Å². The minimum absolute atomic E-state index is 0.277. The number of aromatic nitrogens is 1. The van der Waals surface area contributed by atoms with Gasteiger partial charge in [-0.1, -0.05) is 11.8 Å². The summed E-state index contributed by atoms with van der Waals surface area (Å²) in [6.07, 6.45) is 1.69. The van der Waals surface area contributed by atoms with E-state index in [4.69, 9.17) is 5.11 Å². The number of hydrogen-bond donors (Lipinski definition) is 1. The average Bonchev–Trinajstić information content (AvgIpc) is 2.94. The van der Waals surface area contributed by atoms with Crippen LogP contribution in [0.5, 0.6) is 5.75 Å². The largest absolute Gasteiger partial charge is 0.872 e. The van der Waals surface area contributed by atoms with Gasteiger partial charge in [-0.15, -0.1) is 0 Å². The Labute approximate surface area is 164 Å². The molecular formula is C22H22N3O3-. The van der Waals surface area contributed by atoms with E-state index in [-0.39, 0.29) is 5.56 Å². The van der Waals surface area contributed by atoms with Crippen molar-refractivity contribution in [3.8, 4) is 11.4 Å². The summed E-state index contributed by atoms with van der Waals surface area (Å²) in [6, 6.07) is 14.3. The molecule has 0 aliphatic heterocycles. The zero-order valence-corrected chi connectivity index (χ0v) is 16.3. The first-order valence-electron chi connectivity index (χ1n) is 8.83. The maximum Gasteiger partial charge on any atom is 0.335 e. The molecule has 0 unspecified atom stereocenters. The second-order valence-electron chi connectivity index (χ2n) is 6.82. The van der Waals surface area contributed by atoms with Gasteiger partial charge in [-0.3, -0.25) is 4.99 Å². The van der Waals surface area contributed by atoms with Gasteiger partial charge < -0.3 is 19.7 Å². The maximum atomic E-state index is 11.6. The zero-order chi connectivity index (χ0) is 20.4. The Morgan fingerprint density at radius 3 is 2.39 bits per heavy atom. The highest BCUT2D eigenvalue weighted by molar-refractivity contribution is 5.92. The van der Waals surface area contributed by atoms with Crippen LogP contribution in [0.15, 0.2) is 53.5 Å². The van der Waals surface area contributed by atoms with Crippen LogP contribution in [-0.2, 0) is 0 Å². The van der Waals surface area contributed by atoms with Crippen LogP contribution in [0, 0.1) is 13.8 Å². The lowest BCUT2D eigenvalue weighted by Gasteiger charge is -2.14. The Morgan fingerprint density at radius 2 is 1.79 bits per heavy atom. The first kappa shape index (κ1) is 19.2. The van der Waals surface area contributed by atoms with E-state index in [1.54, 1.807) is 6.21 Å². The van der Waals surface area contributed by atoms with Crippen molar-refractivity contribution in [1.29, 1.82) is 0 Å². The highest BCUT2D eigenvalue weighted by atomic mass is 16.4. The molecule has 6 nitrogen and oxygen atoms in total. The van der Waals surface area contributed by atoms with Crippen LogP contribution in [0.25, 0.3) is 5.69 Å². The molecule has 0 saturated carbocycles. The van der Waals surface area contributed by atoms with Crippen LogP contribution in [0.2, 0.25) is 0 Å². The molecule has 0 fully saturated rings. The van der Waals surface area contributed by atoms with E-state index in [1.165, 1.54) is 18.2 Å². The SMILES string of the molecule is Cc1cc(C=Nc2ccc([O-])c(C(=O)O)c2)c(C)n1-c1ccc(N(C)C)cc1. The summed E-state index contributed by atoms with van der Waals surface area (Å²) in [5.41, 5.74) is 5.36. The van der Waals surface area contributed by atoms with Crippen LogP contribution < -0.4 is 10.0 Å². The van der Waals surface area contributed by atoms with Gasteiger partial charge in [0.05, 0.1) is 11.3 Å². The molecule has 1 N–H and O–H groups in total. The molecule has 1 heterocycles. The van der Waals surface area contributed by atoms with Crippen molar-refractivity contribution < 1.29 is 15.0 Å². The highest BCUT2D eigenvalue weighted by Crippen LogP contribution is 2.24. The molecule has 0 aliphatic rings. The topological polar surface area (TPSA) is 80.9 Å². The van der Waals surface area contributed by atoms with E-state index < -0.39 is 11.7 Å². The van der Waals surface area contributed by atoms with Crippen LogP contribution in [-0.4, -0.2) is 36.0 Å². The molecule has 0 bridgehead atoms. The summed E-state index contributed by atoms with van der Waals surface area (Å²) in [6.45, 7) is 4.04. The van der Waals surface area contributed by atoms with Crippen molar-refractivity contribution in [2.45, 2.75) is 13.8 Å². The van der Waals surface area contributed by atoms with Gasteiger partial charge in [0.2, 0.25) is 0 Å². The third kappa shape index (κ3) is 3.76. The molecule has 0 aliphatic carbocycles. The molecule has 0 atom stereocenters. The van der Waals surface area contributed by atoms with Crippen molar-refractivity contribution in [2.75, 3.05) is 19.0 Å². The quantitative estimate of drug-likeness (QED) is 0.689. The fraction of sp³-hybridized carbons (Fsp3) is 0.182. The molecule has 3 aromatic rings. The predicted octanol–water partition coefficient (Wildman–Crippen LogP) is 3.68. The van der Waals surface area contributed by atoms with Crippen molar-refractivity contribution >= 4 is 23.6 Å². The van der Waals surface area contributed by atoms with E-state index in [2.05, 4.69) is 38.7 Å². The molecule has 28 heavy (non-hydrogen) atoms. The molecule has 144 valence electrons. The van der Waals surface area contributed by atoms with Crippen molar-refractivity contribution in [2.24, 2.45) is 4.99 Å². The summed E-state index contributed by atoms with van der Waals surface area (Å²) in [4.78, 5) is 17.5. The van der Waals surface area contributed by atoms with Gasteiger partial charge in [-0.2, -0.15) is 0 Å². The fourth-order valence-corrected chi connectivity index (χ4v) is 3.12. The molecular weight excluding hydrogens is 354 g/mol. The van der Waals surface area contributed by atoms with Gasteiger partial charge in [0.25, 0.3) is 0 Å².